The molecule has 0 spiro atoms. The van der Waals surface area contributed by atoms with Crippen molar-refractivity contribution >= 4 is 29.4 Å². The van der Waals surface area contributed by atoms with E-state index in [1.165, 1.54) is 0 Å². The smallest absolute Gasteiger partial charge is 0.258 e. The molecule has 5 heteroatoms. The highest BCUT2D eigenvalue weighted by Crippen LogP contribution is 2.18. The van der Waals surface area contributed by atoms with Gasteiger partial charge in [0, 0.05) is 17.3 Å². The van der Waals surface area contributed by atoms with Crippen LogP contribution in [0.1, 0.15) is 19.4 Å². The molecule has 0 unspecified atom stereocenters. The normalized spacial score (nSPS) is 11.0. The molecule has 2 aromatic rings. The zero-order valence-electron chi connectivity index (χ0n) is 13.1. The highest BCUT2D eigenvalue weighted by Gasteiger charge is 2.04. The van der Waals surface area contributed by atoms with Crippen molar-refractivity contribution in [2.75, 3.05) is 6.61 Å². The van der Waals surface area contributed by atoms with Gasteiger partial charge in [-0.05, 0) is 61.9 Å². The minimum atomic E-state index is -0.133. The lowest BCUT2D eigenvalue weighted by Crippen LogP contribution is -2.34. The molecule has 0 aliphatic heterocycles. The van der Waals surface area contributed by atoms with Crippen LogP contribution in [0.3, 0.4) is 0 Å². The fourth-order valence-electron chi connectivity index (χ4n) is 1.87. The first kappa shape index (κ1) is 17.0. The summed E-state index contributed by atoms with van der Waals surface area (Å²) >= 11 is 5.92. The first-order valence-corrected chi connectivity index (χ1v) is 7.72. The standard InChI is InChI=1S/C18H19ClN2O2/c1-13(2)21-18(22)12-23-17-8-6-14(7-9-17)11-20-16-5-3-4-15(19)10-16/h3-11,13H,12H2,1-2H3,(H,21,22). The van der Waals surface area contributed by atoms with Gasteiger partial charge in [0.05, 0.1) is 5.69 Å². The second-order valence-corrected chi connectivity index (χ2v) is 5.75. The summed E-state index contributed by atoms with van der Waals surface area (Å²) in [5, 5.41) is 3.43. The van der Waals surface area contributed by atoms with Crippen molar-refractivity contribution in [3.8, 4) is 5.75 Å². The Bertz CT molecular complexity index is 682. The van der Waals surface area contributed by atoms with Crippen molar-refractivity contribution in [3.05, 3.63) is 59.1 Å². The van der Waals surface area contributed by atoms with E-state index in [-0.39, 0.29) is 18.6 Å². The average Bonchev–Trinajstić information content (AvgIpc) is 2.51. The summed E-state index contributed by atoms with van der Waals surface area (Å²) < 4.78 is 5.43. The van der Waals surface area contributed by atoms with Gasteiger partial charge in [-0.3, -0.25) is 9.79 Å². The second-order valence-electron chi connectivity index (χ2n) is 5.32. The van der Waals surface area contributed by atoms with Gasteiger partial charge < -0.3 is 10.1 Å². The van der Waals surface area contributed by atoms with E-state index in [0.29, 0.717) is 10.8 Å². The summed E-state index contributed by atoms with van der Waals surface area (Å²) in [6.45, 7) is 3.83. The Balaban J connectivity index is 1.90. The summed E-state index contributed by atoms with van der Waals surface area (Å²) in [6.07, 6.45) is 1.75. The van der Waals surface area contributed by atoms with E-state index in [4.69, 9.17) is 16.3 Å². The van der Waals surface area contributed by atoms with E-state index >= 15 is 0 Å². The van der Waals surface area contributed by atoms with Crippen molar-refractivity contribution < 1.29 is 9.53 Å². The summed E-state index contributed by atoms with van der Waals surface area (Å²) in [5.41, 5.74) is 1.73. The second kappa shape index (κ2) is 8.34. The number of hydrogen-bond donors (Lipinski definition) is 1. The molecular weight excluding hydrogens is 312 g/mol. The fourth-order valence-corrected chi connectivity index (χ4v) is 2.05. The molecule has 0 aliphatic carbocycles. The van der Waals surface area contributed by atoms with Crippen LogP contribution in [0.4, 0.5) is 5.69 Å². The molecule has 0 saturated heterocycles. The lowest BCUT2D eigenvalue weighted by Gasteiger charge is -2.09. The van der Waals surface area contributed by atoms with E-state index in [1.54, 1.807) is 12.3 Å². The van der Waals surface area contributed by atoms with Gasteiger partial charge in [-0.2, -0.15) is 0 Å². The molecular formula is C18H19ClN2O2. The van der Waals surface area contributed by atoms with Crippen molar-refractivity contribution in [2.24, 2.45) is 4.99 Å². The van der Waals surface area contributed by atoms with Gasteiger partial charge >= 0.3 is 0 Å². The SMILES string of the molecule is CC(C)NC(=O)COc1ccc(C=Nc2cccc(Cl)c2)cc1. The molecule has 0 radical (unpaired) electrons. The summed E-state index contributed by atoms with van der Waals surface area (Å²) in [5.74, 6) is 0.510. The minimum absolute atomic E-state index is 0.00807. The quantitative estimate of drug-likeness (QED) is 0.814. The maximum atomic E-state index is 11.5. The number of carbonyl (C=O) groups is 1. The van der Waals surface area contributed by atoms with E-state index in [0.717, 1.165) is 11.3 Å². The number of nitrogens with zero attached hydrogens (tertiary/aromatic N) is 1. The van der Waals surface area contributed by atoms with Crippen LogP contribution in [0.25, 0.3) is 0 Å². The van der Waals surface area contributed by atoms with E-state index in [2.05, 4.69) is 10.3 Å². The van der Waals surface area contributed by atoms with Gasteiger partial charge in [0.1, 0.15) is 5.75 Å². The van der Waals surface area contributed by atoms with Crippen molar-refractivity contribution in [1.29, 1.82) is 0 Å². The van der Waals surface area contributed by atoms with Crippen LogP contribution in [0.2, 0.25) is 5.02 Å². The Morgan fingerprint density at radius 3 is 2.65 bits per heavy atom. The molecule has 120 valence electrons. The third kappa shape index (κ3) is 6.12. The number of rotatable bonds is 6. The van der Waals surface area contributed by atoms with Crippen LogP contribution in [0.5, 0.6) is 5.75 Å². The van der Waals surface area contributed by atoms with E-state index < -0.39 is 0 Å². The topological polar surface area (TPSA) is 50.7 Å². The van der Waals surface area contributed by atoms with Crippen molar-refractivity contribution in [2.45, 2.75) is 19.9 Å². The molecule has 23 heavy (non-hydrogen) atoms. The molecule has 0 saturated carbocycles. The lowest BCUT2D eigenvalue weighted by atomic mass is 10.2. The van der Waals surface area contributed by atoms with Crippen molar-refractivity contribution in [1.82, 2.24) is 5.32 Å². The zero-order chi connectivity index (χ0) is 16.7. The number of amides is 1. The zero-order valence-corrected chi connectivity index (χ0v) is 13.9. The van der Waals surface area contributed by atoms with Gasteiger partial charge in [-0.1, -0.05) is 17.7 Å². The predicted octanol–water partition coefficient (Wildman–Crippen LogP) is 3.99. The number of hydrogen-bond acceptors (Lipinski definition) is 3. The van der Waals surface area contributed by atoms with E-state index in [1.807, 2.05) is 56.3 Å². The van der Waals surface area contributed by atoms with Crippen LogP contribution in [-0.4, -0.2) is 24.8 Å². The fraction of sp³-hybridized carbons (Fsp3) is 0.222. The molecule has 2 rings (SSSR count). The van der Waals surface area contributed by atoms with Gasteiger partial charge in [-0.15, -0.1) is 0 Å². The predicted molar refractivity (Wildman–Crippen MR) is 93.9 cm³/mol. The molecule has 0 bridgehead atoms. The maximum absolute atomic E-state index is 11.5. The Kier molecular flexibility index (Phi) is 6.18. The molecule has 0 aliphatic rings. The minimum Gasteiger partial charge on any atom is -0.484 e. The average molecular weight is 331 g/mol. The molecule has 4 nitrogen and oxygen atoms in total. The third-order valence-corrected chi connectivity index (χ3v) is 3.11. The van der Waals surface area contributed by atoms with Crippen LogP contribution in [-0.2, 0) is 4.79 Å². The van der Waals surface area contributed by atoms with Crippen LogP contribution >= 0.6 is 11.6 Å². The first-order chi connectivity index (χ1) is 11.0. The largest absolute Gasteiger partial charge is 0.484 e. The number of carbonyl (C=O) groups excluding carboxylic acids is 1. The first-order valence-electron chi connectivity index (χ1n) is 7.35. The number of ether oxygens (including phenoxy) is 1. The maximum Gasteiger partial charge on any atom is 0.258 e. The molecule has 0 aromatic heterocycles. The molecule has 0 atom stereocenters. The van der Waals surface area contributed by atoms with E-state index in [9.17, 15) is 4.79 Å². The number of halogens is 1. The van der Waals surface area contributed by atoms with Gasteiger partial charge in [-0.25, -0.2) is 0 Å². The Morgan fingerprint density at radius 1 is 1.26 bits per heavy atom. The summed E-state index contributed by atoms with van der Waals surface area (Å²) in [6, 6.07) is 14.8. The lowest BCUT2D eigenvalue weighted by molar-refractivity contribution is -0.123. The Hall–Kier alpha value is -2.33. The number of nitrogens with one attached hydrogen (secondary N) is 1. The Morgan fingerprint density at radius 2 is 2.00 bits per heavy atom. The number of aliphatic imine (C=N–C) groups is 1. The molecule has 0 fully saturated rings. The number of benzene rings is 2. The van der Waals surface area contributed by atoms with Crippen LogP contribution < -0.4 is 10.1 Å². The highest BCUT2D eigenvalue weighted by molar-refractivity contribution is 6.30. The van der Waals surface area contributed by atoms with Crippen LogP contribution in [0.15, 0.2) is 53.5 Å². The van der Waals surface area contributed by atoms with Crippen molar-refractivity contribution in [3.63, 3.8) is 0 Å². The highest BCUT2D eigenvalue weighted by atomic mass is 35.5. The third-order valence-electron chi connectivity index (χ3n) is 2.87. The Labute approximate surface area is 141 Å². The molecule has 0 heterocycles. The molecule has 2 aromatic carbocycles. The summed E-state index contributed by atoms with van der Waals surface area (Å²) in [7, 11) is 0. The monoisotopic (exact) mass is 330 g/mol. The van der Waals surface area contributed by atoms with Crippen LogP contribution in [0, 0.1) is 0 Å². The van der Waals surface area contributed by atoms with Gasteiger partial charge in [0.25, 0.3) is 5.91 Å². The van der Waals surface area contributed by atoms with Gasteiger partial charge in [0.2, 0.25) is 0 Å². The molecule has 1 N–H and O–H groups in total. The molecule has 1 amide bonds. The van der Waals surface area contributed by atoms with Gasteiger partial charge in [0.15, 0.2) is 6.61 Å². The summed E-state index contributed by atoms with van der Waals surface area (Å²) in [4.78, 5) is 15.9.